The van der Waals surface area contributed by atoms with Crippen LogP contribution in [0.4, 0.5) is 0 Å². The maximum Gasteiger partial charge on any atom is 0.0802 e. The summed E-state index contributed by atoms with van der Waals surface area (Å²) in [6.07, 6.45) is 1.45. The zero-order valence-corrected chi connectivity index (χ0v) is 13.0. The van der Waals surface area contributed by atoms with E-state index < -0.39 is 0 Å². The van der Waals surface area contributed by atoms with Gasteiger partial charge in [-0.3, -0.25) is 4.90 Å². The van der Waals surface area contributed by atoms with Gasteiger partial charge in [0.15, 0.2) is 0 Å². The molecule has 1 aliphatic rings. The summed E-state index contributed by atoms with van der Waals surface area (Å²) < 4.78 is 0. The van der Waals surface area contributed by atoms with Crippen molar-refractivity contribution in [2.24, 2.45) is 0 Å². The van der Waals surface area contributed by atoms with Crippen LogP contribution in [0, 0.1) is 0 Å². The van der Waals surface area contributed by atoms with Gasteiger partial charge in [-0.2, -0.15) is 0 Å². The van der Waals surface area contributed by atoms with Crippen molar-refractivity contribution in [1.82, 2.24) is 9.80 Å². The zero-order valence-electron chi connectivity index (χ0n) is 13.0. The normalized spacial score (nSPS) is 18.8. The molecule has 1 aromatic rings. The largest absolute Gasteiger partial charge is 0.395 e. The van der Waals surface area contributed by atoms with Gasteiger partial charge in [0.2, 0.25) is 0 Å². The van der Waals surface area contributed by atoms with Crippen LogP contribution >= 0.6 is 0 Å². The maximum absolute atomic E-state index is 10.3. The number of rotatable bonds is 7. The highest BCUT2D eigenvalue weighted by atomic mass is 16.3. The molecule has 1 saturated heterocycles. The van der Waals surface area contributed by atoms with Gasteiger partial charge >= 0.3 is 0 Å². The van der Waals surface area contributed by atoms with Crippen molar-refractivity contribution in [1.29, 1.82) is 0 Å². The predicted octanol–water partition coefficient (Wildman–Crippen LogP) is 1.28. The van der Waals surface area contributed by atoms with Crippen molar-refractivity contribution in [2.75, 3.05) is 45.9 Å². The van der Waals surface area contributed by atoms with Crippen LogP contribution in [-0.2, 0) is 6.42 Å². The molecule has 0 saturated carbocycles. The lowest BCUT2D eigenvalue weighted by Crippen LogP contribution is -2.47. The van der Waals surface area contributed by atoms with E-state index in [4.69, 9.17) is 5.11 Å². The van der Waals surface area contributed by atoms with Crippen LogP contribution in [0.3, 0.4) is 0 Å². The fourth-order valence-electron chi connectivity index (χ4n) is 2.82. The van der Waals surface area contributed by atoms with Gasteiger partial charge in [0.05, 0.1) is 12.7 Å². The number of hydrogen-bond acceptors (Lipinski definition) is 4. The van der Waals surface area contributed by atoms with E-state index in [9.17, 15) is 5.11 Å². The third-order valence-electron chi connectivity index (χ3n) is 4.37. The quantitative estimate of drug-likeness (QED) is 0.795. The van der Waals surface area contributed by atoms with Crippen LogP contribution in [0.25, 0.3) is 0 Å². The average Bonchev–Trinajstić information content (AvgIpc) is 2.54. The number of aryl methyl sites for hydroxylation is 1. The first-order chi connectivity index (χ1) is 10.2. The first kappa shape index (κ1) is 16.4. The van der Waals surface area contributed by atoms with Crippen molar-refractivity contribution < 1.29 is 10.2 Å². The lowest BCUT2D eigenvalue weighted by Gasteiger charge is -2.34. The molecule has 0 amide bonds. The molecule has 1 unspecified atom stereocenters. The summed E-state index contributed by atoms with van der Waals surface area (Å²) in [7, 11) is 0. The van der Waals surface area contributed by atoms with Crippen molar-refractivity contribution in [2.45, 2.75) is 25.9 Å². The first-order valence-electron chi connectivity index (χ1n) is 8.05. The molecule has 2 rings (SSSR count). The maximum atomic E-state index is 10.3. The van der Waals surface area contributed by atoms with Crippen LogP contribution in [0.2, 0.25) is 0 Å². The third-order valence-corrected chi connectivity index (χ3v) is 4.37. The molecule has 2 N–H and O–H groups in total. The monoisotopic (exact) mass is 292 g/mol. The predicted molar refractivity (Wildman–Crippen MR) is 85.4 cm³/mol. The van der Waals surface area contributed by atoms with Gasteiger partial charge in [0, 0.05) is 39.3 Å². The van der Waals surface area contributed by atoms with Crippen molar-refractivity contribution in [3.05, 3.63) is 35.4 Å². The Balaban J connectivity index is 1.72. The minimum Gasteiger partial charge on any atom is -0.395 e. The number of β-amino-alcohol motifs (C(OH)–C–C–N with tert-alkyl or cyclic N) is 1. The lowest BCUT2D eigenvalue weighted by atomic mass is 10.0. The number of piperazine rings is 1. The van der Waals surface area contributed by atoms with Crippen LogP contribution < -0.4 is 0 Å². The van der Waals surface area contributed by atoms with Gasteiger partial charge in [-0.25, -0.2) is 0 Å². The van der Waals surface area contributed by atoms with Gasteiger partial charge in [0.1, 0.15) is 0 Å². The second kappa shape index (κ2) is 8.49. The average molecular weight is 292 g/mol. The van der Waals surface area contributed by atoms with Crippen LogP contribution in [0.15, 0.2) is 24.3 Å². The Labute approximate surface area is 128 Å². The van der Waals surface area contributed by atoms with Gasteiger partial charge < -0.3 is 15.1 Å². The molecule has 1 atom stereocenters. The SMILES string of the molecule is CCc1ccc(C(O)CCN2CCN(CCO)CC2)cc1. The first-order valence-corrected chi connectivity index (χ1v) is 8.05. The van der Waals surface area contributed by atoms with Crippen molar-refractivity contribution in [3.63, 3.8) is 0 Å². The van der Waals surface area contributed by atoms with Gasteiger partial charge in [-0.05, 0) is 24.0 Å². The van der Waals surface area contributed by atoms with Crippen LogP contribution in [-0.4, -0.2) is 65.9 Å². The molecule has 1 aromatic carbocycles. The van der Waals surface area contributed by atoms with E-state index in [0.717, 1.165) is 57.7 Å². The molecular weight excluding hydrogens is 264 g/mol. The highest BCUT2D eigenvalue weighted by molar-refractivity contribution is 5.24. The van der Waals surface area contributed by atoms with E-state index in [0.29, 0.717) is 0 Å². The van der Waals surface area contributed by atoms with Crippen molar-refractivity contribution >= 4 is 0 Å². The highest BCUT2D eigenvalue weighted by Gasteiger charge is 2.17. The molecule has 0 spiro atoms. The van der Waals surface area contributed by atoms with E-state index in [-0.39, 0.29) is 12.7 Å². The molecule has 0 bridgehead atoms. The van der Waals surface area contributed by atoms with E-state index >= 15 is 0 Å². The van der Waals surface area contributed by atoms with E-state index in [1.54, 1.807) is 0 Å². The molecule has 1 fully saturated rings. The number of aliphatic hydroxyl groups excluding tert-OH is 2. The Morgan fingerprint density at radius 2 is 1.57 bits per heavy atom. The van der Waals surface area contributed by atoms with Crippen LogP contribution in [0.5, 0.6) is 0 Å². The molecule has 118 valence electrons. The van der Waals surface area contributed by atoms with Crippen LogP contribution in [0.1, 0.15) is 30.6 Å². The summed E-state index contributed by atoms with van der Waals surface area (Å²) >= 11 is 0. The van der Waals surface area contributed by atoms with Gasteiger partial charge in [-0.1, -0.05) is 31.2 Å². The fourth-order valence-corrected chi connectivity index (χ4v) is 2.82. The summed E-state index contributed by atoms with van der Waals surface area (Å²) in [5.41, 5.74) is 2.33. The number of nitrogens with zero attached hydrogens (tertiary/aromatic N) is 2. The Kier molecular flexibility index (Phi) is 6.64. The standard InChI is InChI=1S/C17H28N2O2/c1-2-15-3-5-16(6-4-15)17(21)7-8-18-9-11-19(12-10-18)13-14-20/h3-6,17,20-21H,2,7-14H2,1H3. The van der Waals surface area contributed by atoms with Gasteiger partial charge in [-0.15, -0.1) is 0 Å². The smallest absolute Gasteiger partial charge is 0.0802 e. The molecule has 21 heavy (non-hydrogen) atoms. The molecular formula is C17H28N2O2. The fraction of sp³-hybridized carbons (Fsp3) is 0.647. The summed E-state index contributed by atoms with van der Waals surface area (Å²) in [5.74, 6) is 0. The van der Waals surface area contributed by atoms with E-state index in [2.05, 4.69) is 28.9 Å². The number of aliphatic hydroxyl groups is 2. The summed E-state index contributed by atoms with van der Waals surface area (Å²) in [4.78, 5) is 4.69. The molecule has 1 aliphatic heterocycles. The molecule has 4 nitrogen and oxygen atoms in total. The Morgan fingerprint density at radius 1 is 1.00 bits per heavy atom. The van der Waals surface area contributed by atoms with E-state index in [1.165, 1.54) is 5.56 Å². The lowest BCUT2D eigenvalue weighted by molar-refractivity contribution is 0.0924. The summed E-state index contributed by atoms with van der Waals surface area (Å²) in [6, 6.07) is 8.30. The molecule has 0 radical (unpaired) electrons. The highest BCUT2D eigenvalue weighted by Crippen LogP contribution is 2.18. The summed E-state index contributed by atoms with van der Waals surface area (Å²) in [5, 5.41) is 19.2. The van der Waals surface area contributed by atoms with Crippen molar-refractivity contribution in [3.8, 4) is 0 Å². The topological polar surface area (TPSA) is 46.9 Å². The van der Waals surface area contributed by atoms with E-state index in [1.807, 2.05) is 12.1 Å². The molecule has 4 heteroatoms. The zero-order chi connectivity index (χ0) is 15.1. The second-order valence-electron chi connectivity index (χ2n) is 5.81. The molecule has 0 aromatic heterocycles. The number of hydrogen-bond donors (Lipinski definition) is 2. The minimum absolute atomic E-state index is 0.243. The Bertz CT molecular complexity index is 400. The Morgan fingerprint density at radius 3 is 2.10 bits per heavy atom. The summed E-state index contributed by atoms with van der Waals surface area (Å²) in [6.45, 7) is 8.19. The van der Waals surface area contributed by atoms with Gasteiger partial charge in [0.25, 0.3) is 0 Å². The molecule has 0 aliphatic carbocycles. The third kappa shape index (κ3) is 5.08. The minimum atomic E-state index is -0.369. The second-order valence-corrected chi connectivity index (χ2v) is 5.81. The number of benzene rings is 1. The molecule has 1 heterocycles. The Hall–Kier alpha value is -0.940.